The molecule has 0 bridgehead atoms. The Morgan fingerprint density at radius 1 is 1.30 bits per heavy atom. The molecule has 0 aliphatic carbocycles. The van der Waals surface area contributed by atoms with Crippen molar-refractivity contribution < 1.29 is 21.9 Å². The Kier molecular flexibility index (Phi) is 5.27. The number of hydrogen-bond acceptors (Lipinski definition) is 4. The van der Waals surface area contributed by atoms with E-state index >= 15 is 0 Å². The number of nitrogens with zero attached hydrogens (tertiary/aromatic N) is 3. The first kappa shape index (κ1) is 19.8. The maximum absolute atomic E-state index is 13.0. The quantitative estimate of drug-likeness (QED) is 0.749. The van der Waals surface area contributed by atoms with Crippen LogP contribution in [0, 0.1) is 5.41 Å². The molecule has 0 N–H and O–H groups in total. The second kappa shape index (κ2) is 7.20. The number of ether oxygens (including phenoxy) is 1. The van der Waals surface area contributed by atoms with Crippen molar-refractivity contribution in [3.05, 3.63) is 42.2 Å². The fourth-order valence-corrected chi connectivity index (χ4v) is 5.08. The second-order valence-electron chi connectivity index (χ2n) is 7.46. The highest BCUT2D eigenvalue weighted by atomic mass is 32.2. The molecule has 6 nitrogen and oxygen atoms in total. The van der Waals surface area contributed by atoms with Crippen LogP contribution in [0.15, 0.2) is 41.6 Å². The molecular formula is C18H23F2N3O3S. The Morgan fingerprint density at radius 3 is 2.52 bits per heavy atom. The van der Waals surface area contributed by atoms with Crippen LogP contribution in [-0.4, -0.2) is 48.6 Å². The van der Waals surface area contributed by atoms with Crippen LogP contribution in [-0.2, 0) is 17.1 Å². The van der Waals surface area contributed by atoms with Gasteiger partial charge in [0.05, 0.1) is 11.1 Å². The maximum atomic E-state index is 13.0. The van der Waals surface area contributed by atoms with E-state index in [0.717, 1.165) is 5.56 Å². The molecule has 1 saturated heterocycles. The third-order valence-corrected chi connectivity index (χ3v) is 6.70. The first-order valence-electron chi connectivity index (χ1n) is 8.59. The summed E-state index contributed by atoms with van der Waals surface area (Å²) in [5, 5.41) is 4.19. The number of halogens is 2. The molecule has 1 aliphatic heterocycles. The van der Waals surface area contributed by atoms with E-state index in [1.807, 2.05) is 27.1 Å². The zero-order chi connectivity index (χ0) is 19.8. The van der Waals surface area contributed by atoms with Gasteiger partial charge in [-0.15, -0.1) is 0 Å². The summed E-state index contributed by atoms with van der Waals surface area (Å²) in [5.74, 6) is 0.249. The van der Waals surface area contributed by atoms with Crippen LogP contribution in [0.1, 0.15) is 25.3 Å². The summed E-state index contributed by atoms with van der Waals surface area (Å²) in [7, 11) is -1.86. The molecular weight excluding hydrogens is 376 g/mol. The van der Waals surface area contributed by atoms with Crippen molar-refractivity contribution in [1.29, 1.82) is 0 Å². The maximum Gasteiger partial charge on any atom is 0.272 e. The highest BCUT2D eigenvalue weighted by molar-refractivity contribution is 7.89. The zero-order valence-corrected chi connectivity index (χ0v) is 16.3. The smallest absolute Gasteiger partial charge is 0.272 e. The van der Waals surface area contributed by atoms with Gasteiger partial charge in [0.25, 0.3) is 6.43 Å². The van der Waals surface area contributed by atoms with Crippen LogP contribution in [0.2, 0.25) is 0 Å². The normalized spacial score (nSPS) is 20.3. The number of rotatable bonds is 6. The van der Waals surface area contributed by atoms with Gasteiger partial charge in [0.1, 0.15) is 12.4 Å². The average Bonchev–Trinajstić information content (AvgIpc) is 3.16. The molecule has 0 radical (unpaired) electrons. The topological polar surface area (TPSA) is 64.4 Å². The molecule has 1 fully saturated rings. The minimum atomic E-state index is -3.69. The lowest BCUT2D eigenvalue weighted by molar-refractivity contribution is 0.0819. The molecule has 1 aromatic heterocycles. The lowest BCUT2D eigenvalue weighted by Gasteiger charge is -2.24. The number of benzene rings is 1. The highest BCUT2D eigenvalue weighted by Crippen LogP contribution is 2.44. The van der Waals surface area contributed by atoms with E-state index in [2.05, 4.69) is 5.10 Å². The SMILES string of the molecule is Cn1cc(C2CN(S(=O)(=O)c3ccc(OCC(F)F)cc3)CC2(C)C)cn1. The van der Waals surface area contributed by atoms with Crippen LogP contribution in [0.4, 0.5) is 8.78 Å². The summed E-state index contributed by atoms with van der Waals surface area (Å²) in [6, 6.07) is 5.57. The van der Waals surface area contributed by atoms with Crippen LogP contribution >= 0.6 is 0 Å². The molecule has 0 saturated carbocycles. The highest BCUT2D eigenvalue weighted by Gasteiger charge is 2.45. The van der Waals surface area contributed by atoms with Gasteiger partial charge in [-0.05, 0) is 35.2 Å². The average molecular weight is 399 g/mol. The summed E-state index contributed by atoms with van der Waals surface area (Å²) >= 11 is 0. The van der Waals surface area contributed by atoms with Gasteiger partial charge >= 0.3 is 0 Å². The van der Waals surface area contributed by atoms with Gasteiger partial charge in [-0.3, -0.25) is 4.68 Å². The largest absolute Gasteiger partial charge is 0.488 e. The van der Waals surface area contributed by atoms with Crippen molar-refractivity contribution in [2.24, 2.45) is 12.5 Å². The Balaban J connectivity index is 1.79. The minimum absolute atomic E-state index is 0.0367. The van der Waals surface area contributed by atoms with Crippen molar-refractivity contribution in [2.75, 3.05) is 19.7 Å². The third-order valence-electron chi connectivity index (χ3n) is 4.88. The predicted molar refractivity (Wildman–Crippen MR) is 96.4 cm³/mol. The number of sulfonamides is 1. The van der Waals surface area contributed by atoms with Gasteiger partial charge in [0.2, 0.25) is 10.0 Å². The molecule has 0 amide bonds. The molecule has 1 atom stereocenters. The second-order valence-corrected chi connectivity index (χ2v) is 9.40. The van der Waals surface area contributed by atoms with E-state index in [-0.39, 0.29) is 22.0 Å². The van der Waals surface area contributed by atoms with Gasteiger partial charge in [-0.2, -0.15) is 9.40 Å². The first-order chi connectivity index (χ1) is 12.6. The molecule has 3 rings (SSSR count). The number of aryl methyl sites for hydroxylation is 1. The molecule has 2 aromatic rings. The Hall–Kier alpha value is -2.00. The van der Waals surface area contributed by atoms with Gasteiger partial charge < -0.3 is 4.74 Å². The minimum Gasteiger partial charge on any atom is -0.488 e. The molecule has 1 unspecified atom stereocenters. The van der Waals surface area contributed by atoms with Gasteiger partial charge in [0, 0.05) is 32.3 Å². The van der Waals surface area contributed by atoms with Gasteiger partial charge in [-0.25, -0.2) is 17.2 Å². The van der Waals surface area contributed by atoms with Crippen LogP contribution < -0.4 is 4.74 Å². The van der Waals surface area contributed by atoms with E-state index < -0.39 is 23.1 Å². The van der Waals surface area contributed by atoms with Crippen molar-refractivity contribution in [3.63, 3.8) is 0 Å². The molecule has 1 aliphatic rings. The Morgan fingerprint density at radius 2 is 1.96 bits per heavy atom. The summed E-state index contributed by atoms with van der Waals surface area (Å²) in [6.07, 6.45) is 1.11. The standard InChI is InChI=1S/C18H23F2N3O3S/c1-18(2)12-23(10-16(18)13-8-21-22(3)9-13)27(24,25)15-6-4-14(5-7-15)26-11-17(19)20/h4-9,16-17H,10-12H2,1-3H3. The third kappa shape index (κ3) is 4.14. The molecule has 148 valence electrons. The van der Waals surface area contributed by atoms with E-state index in [4.69, 9.17) is 4.74 Å². The van der Waals surface area contributed by atoms with Crippen LogP contribution in [0.25, 0.3) is 0 Å². The zero-order valence-electron chi connectivity index (χ0n) is 15.5. The fourth-order valence-electron chi connectivity index (χ4n) is 3.46. The summed E-state index contributed by atoms with van der Waals surface area (Å²) in [4.78, 5) is 0.120. The lowest BCUT2D eigenvalue weighted by atomic mass is 9.79. The van der Waals surface area contributed by atoms with E-state index in [0.29, 0.717) is 13.1 Å². The summed E-state index contributed by atoms with van der Waals surface area (Å²) < 4.78 is 58.6. The van der Waals surface area contributed by atoms with Gasteiger partial charge in [0.15, 0.2) is 0 Å². The fraction of sp³-hybridized carbons (Fsp3) is 0.500. The Bertz CT molecular complexity index is 895. The molecule has 9 heteroatoms. The van der Waals surface area contributed by atoms with Crippen molar-refractivity contribution in [3.8, 4) is 5.75 Å². The first-order valence-corrected chi connectivity index (χ1v) is 10.0. The monoisotopic (exact) mass is 399 g/mol. The van der Waals surface area contributed by atoms with E-state index in [9.17, 15) is 17.2 Å². The summed E-state index contributed by atoms with van der Waals surface area (Å²) in [5.41, 5.74) is 0.770. The van der Waals surface area contributed by atoms with Crippen molar-refractivity contribution >= 4 is 10.0 Å². The number of alkyl halides is 2. The predicted octanol–water partition coefficient (Wildman–Crippen LogP) is 2.88. The van der Waals surface area contributed by atoms with Gasteiger partial charge in [-0.1, -0.05) is 13.8 Å². The lowest BCUT2D eigenvalue weighted by Crippen LogP contribution is -2.30. The molecule has 0 spiro atoms. The van der Waals surface area contributed by atoms with Crippen molar-refractivity contribution in [1.82, 2.24) is 14.1 Å². The van der Waals surface area contributed by atoms with Crippen LogP contribution in [0.5, 0.6) is 5.75 Å². The van der Waals surface area contributed by atoms with Crippen LogP contribution in [0.3, 0.4) is 0 Å². The Labute approximate surface area is 157 Å². The van der Waals surface area contributed by atoms with E-state index in [1.54, 1.807) is 10.9 Å². The van der Waals surface area contributed by atoms with Crippen molar-refractivity contribution in [2.45, 2.75) is 31.1 Å². The van der Waals surface area contributed by atoms with E-state index in [1.165, 1.54) is 28.6 Å². The molecule has 27 heavy (non-hydrogen) atoms. The summed E-state index contributed by atoms with van der Waals surface area (Å²) in [6.45, 7) is 4.12. The number of hydrogen-bond donors (Lipinski definition) is 0. The number of aromatic nitrogens is 2. The molecule has 1 aromatic carbocycles. The molecule has 2 heterocycles.